The molecule has 8 heteroatoms. The molecule has 4 heterocycles. The van der Waals surface area contributed by atoms with E-state index in [9.17, 15) is 9.59 Å². The molecule has 2 aliphatic heterocycles. The van der Waals surface area contributed by atoms with Crippen LogP contribution >= 0.6 is 0 Å². The highest BCUT2D eigenvalue weighted by atomic mass is 16.5. The summed E-state index contributed by atoms with van der Waals surface area (Å²) < 4.78 is 7.70. The number of carbonyl (C=O) groups excluding carboxylic acids is 2. The lowest BCUT2D eigenvalue weighted by Crippen LogP contribution is -2.35. The molecule has 1 aromatic carbocycles. The molecule has 32 heavy (non-hydrogen) atoms. The van der Waals surface area contributed by atoms with E-state index in [0.717, 1.165) is 36.3 Å². The van der Waals surface area contributed by atoms with Crippen LogP contribution in [-0.2, 0) is 22.5 Å². The number of rotatable bonds is 4. The molecular weight excluding hydrogens is 406 g/mol. The zero-order valence-electron chi connectivity index (χ0n) is 18.0. The Morgan fingerprint density at radius 3 is 2.88 bits per heavy atom. The number of fused-ring (bicyclic) bond motifs is 1. The SMILES string of the molecule is CC(=O)N1CCc2c(c(-c3cccc(C(=O)Nc4cccnc4)c3)nn2C2CCOC2)C1. The third kappa shape index (κ3) is 3.89. The smallest absolute Gasteiger partial charge is 0.255 e. The topological polar surface area (TPSA) is 89.4 Å². The lowest BCUT2D eigenvalue weighted by atomic mass is 9.99. The number of hydrogen-bond donors (Lipinski definition) is 1. The molecule has 164 valence electrons. The van der Waals surface area contributed by atoms with Crippen molar-refractivity contribution in [1.82, 2.24) is 19.7 Å². The van der Waals surface area contributed by atoms with Crippen LogP contribution in [0.25, 0.3) is 11.3 Å². The monoisotopic (exact) mass is 431 g/mol. The summed E-state index contributed by atoms with van der Waals surface area (Å²) in [7, 11) is 0. The highest BCUT2D eigenvalue weighted by Crippen LogP contribution is 2.34. The first kappa shape index (κ1) is 20.4. The fraction of sp³-hybridized carbons (Fsp3) is 0.333. The minimum absolute atomic E-state index is 0.0585. The molecule has 2 amide bonds. The van der Waals surface area contributed by atoms with E-state index in [1.807, 2.05) is 23.1 Å². The van der Waals surface area contributed by atoms with Gasteiger partial charge < -0.3 is 15.0 Å². The third-order valence-corrected chi connectivity index (χ3v) is 6.10. The van der Waals surface area contributed by atoms with Gasteiger partial charge in [0, 0.05) is 61.6 Å². The number of pyridine rings is 1. The second kappa shape index (κ2) is 8.55. The van der Waals surface area contributed by atoms with Crippen LogP contribution in [0.5, 0.6) is 0 Å². The van der Waals surface area contributed by atoms with Gasteiger partial charge in [-0.2, -0.15) is 5.10 Å². The van der Waals surface area contributed by atoms with Crippen LogP contribution in [-0.4, -0.2) is 51.2 Å². The number of aromatic nitrogens is 3. The maximum absolute atomic E-state index is 12.8. The van der Waals surface area contributed by atoms with Gasteiger partial charge in [-0.25, -0.2) is 0 Å². The summed E-state index contributed by atoms with van der Waals surface area (Å²) in [5.41, 5.74) is 5.10. The first-order valence-electron chi connectivity index (χ1n) is 10.9. The minimum Gasteiger partial charge on any atom is -0.379 e. The fourth-order valence-electron chi connectivity index (χ4n) is 4.41. The quantitative estimate of drug-likeness (QED) is 0.686. The van der Waals surface area contributed by atoms with Gasteiger partial charge in [-0.3, -0.25) is 19.3 Å². The van der Waals surface area contributed by atoms with E-state index < -0.39 is 0 Å². The van der Waals surface area contributed by atoms with Gasteiger partial charge in [-0.05, 0) is 30.7 Å². The van der Waals surface area contributed by atoms with Crippen molar-refractivity contribution in [3.8, 4) is 11.3 Å². The Morgan fingerprint density at radius 2 is 2.12 bits per heavy atom. The summed E-state index contributed by atoms with van der Waals surface area (Å²) in [6, 6.07) is 11.3. The summed E-state index contributed by atoms with van der Waals surface area (Å²) in [6.07, 6.45) is 4.96. The van der Waals surface area contributed by atoms with Crippen molar-refractivity contribution in [2.24, 2.45) is 0 Å². The van der Waals surface area contributed by atoms with Gasteiger partial charge in [0.25, 0.3) is 5.91 Å². The van der Waals surface area contributed by atoms with Gasteiger partial charge >= 0.3 is 0 Å². The van der Waals surface area contributed by atoms with Crippen LogP contribution in [0.15, 0.2) is 48.8 Å². The van der Waals surface area contributed by atoms with Crippen molar-refractivity contribution in [2.75, 3.05) is 25.1 Å². The van der Waals surface area contributed by atoms with Crippen molar-refractivity contribution in [3.05, 3.63) is 65.6 Å². The number of benzene rings is 1. The van der Waals surface area contributed by atoms with Crippen LogP contribution in [0.2, 0.25) is 0 Å². The molecule has 1 fully saturated rings. The molecule has 1 N–H and O–H groups in total. The second-order valence-corrected chi connectivity index (χ2v) is 8.20. The summed E-state index contributed by atoms with van der Waals surface area (Å²) in [4.78, 5) is 30.8. The zero-order chi connectivity index (χ0) is 22.1. The maximum Gasteiger partial charge on any atom is 0.255 e. The van der Waals surface area contributed by atoms with E-state index in [2.05, 4.69) is 15.0 Å². The summed E-state index contributed by atoms with van der Waals surface area (Å²) in [5, 5.41) is 7.85. The predicted octanol–water partition coefficient (Wildman–Crippen LogP) is 3.06. The van der Waals surface area contributed by atoms with E-state index in [1.165, 1.54) is 5.69 Å². The van der Waals surface area contributed by atoms with Crippen molar-refractivity contribution in [3.63, 3.8) is 0 Å². The van der Waals surface area contributed by atoms with E-state index in [4.69, 9.17) is 9.84 Å². The molecule has 1 saturated heterocycles. The van der Waals surface area contributed by atoms with Crippen LogP contribution < -0.4 is 5.32 Å². The van der Waals surface area contributed by atoms with Crippen LogP contribution in [0.1, 0.15) is 41.0 Å². The molecule has 0 saturated carbocycles. The third-order valence-electron chi connectivity index (χ3n) is 6.10. The average Bonchev–Trinajstić information content (AvgIpc) is 3.47. The number of amides is 2. The fourth-order valence-corrected chi connectivity index (χ4v) is 4.41. The van der Waals surface area contributed by atoms with E-state index in [-0.39, 0.29) is 17.9 Å². The molecule has 2 aromatic heterocycles. The van der Waals surface area contributed by atoms with Gasteiger partial charge in [-0.15, -0.1) is 0 Å². The molecule has 8 nitrogen and oxygen atoms in total. The van der Waals surface area contributed by atoms with Crippen molar-refractivity contribution in [1.29, 1.82) is 0 Å². The molecular formula is C24H25N5O3. The van der Waals surface area contributed by atoms with E-state index >= 15 is 0 Å². The van der Waals surface area contributed by atoms with Gasteiger partial charge in [0.15, 0.2) is 0 Å². The molecule has 0 aliphatic carbocycles. The number of ether oxygens (including phenoxy) is 1. The summed E-state index contributed by atoms with van der Waals surface area (Å²) >= 11 is 0. The van der Waals surface area contributed by atoms with Crippen LogP contribution in [0.3, 0.4) is 0 Å². The van der Waals surface area contributed by atoms with Gasteiger partial charge in [0.1, 0.15) is 0 Å². The van der Waals surface area contributed by atoms with E-state index in [1.54, 1.807) is 37.5 Å². The average molecular weight is 431 g/mol. The number of nitrogens with zero attached hydrogens (tertiary/aromatic N) is 4. The number of anilines is 1. The molecule has 2 aliphatic rings. The Kier molecular flexibility index (Phi) is 5.45. The van der Waals surface area contributed by atoms with Gasteiger partial charge in [0.2, 0.25) is 5.91 Å². The molecule has 1 unspecified atom stereocenters. The Balaban J connectivity index is 1.51. The maximum atomic E-state index is 12.8. The normalized spacial score (nSPS) is 17.8. The lowest BCUT2D eigenvalue weighted by Gasteiger charge is -2.27. The lowest BCUT2D eigenvalue weighted by molar-refractivity contribution is -0.129. The van der Waals surface area contributed by atoms with Gasteiger partial charge in [0.05, 0.1) is 30.2 Å². The molecule has 0 spiro atoms. The van der Waals surface area contributed by atoms with Crippen molar-refractivity contribution >= 4 is 17.5 Å². The highest BCUT2D eigenvalue weighted by molar-refractivity contribution is 6.04. The standard InChI is InChI=1S/C24H25N5O3/c1-16(30)28-10-7-22-21(14-28)23(27-29(22)20-8-11-32-15-20)17-4-2-5-18(12-17)24(31)26-19-6-3-9-25-13-19/h2-6,9,12-13,20H,7-8,10-11,14-15H2,1H3,(H,26,31). The molecule has 0 bridgehead atoms. The largest absolute Gasteiger partial charge is 0.379 e. The Labute approximate surface area is 186 Å². The Hall–Kier alpha value is -3.52. The molecule has 1 atom stereocenters. The number of nitrogens with one attached hydrogen (secondary N) is 1. The Bertz CT molecular complexity index is 1150. The second-order valence-electron chi connectivity index (χ2n) is 8.20. The number of hydrogen-bond acceptors (Lipinski definition) is 5. The summed E-state index contributed by atoms with van der Waals surface area (Å²) in [5.74, 6) is -0.147. The molecule has 5 rings (SSSR count). The first-order chi connectivity index (χ1) is 15.6. The predicted molar refractivity (Wildman–Crippen MR) is 119 cm³/mol. The van der Waals surface area contributed by atoms with Crippen molar-refractivity contribution in [2.45, 2.75) is 32.4 Å². The Morgan fingerprint density at radius 1 is 1.22 bits per heavy atom. The van der Waals surface area contributed by atoms with Crippen LogP contribution in [0.4, 0.5) is 5.69 Å². The van der Waals surface area contributed by atoms with E-state index in [0.29, 0.717) is 30.9 Å². The summed E-state index contributed by atoms with van der Waals surface area (Å²) in [6.45, 7) is 4.20. The molecule has 0 radical (unpaired) electrons. The number of carbonyl (C=O) groups is 2. The van der Waals surface area contributed by atoms with Gasteiger partial charge in [-0.1, -0.05) is 12.1 Å². The molecule has 3 aromatic rings. The first-order valence-corrected chi connectivity index (χ1v) is 10.9. The minimum atomic E-state index is -0.206. The highest BCUT2D eigenvalue weighted by Gasteiger charge is 2.30. The van der Waals surface area contributed by atoms with Crippen molar-refractivity contribution < 1.29 is 14.3 Å². The zero-order valence-corrected chi connectivity index (χ0v) is 18.0. The van der Waals surface area contributed by atoms with Crippen LogP contribution in [0, 0.1) is 0 Å².